The van der Waals surface area contributed by atoms with Gasteiger partial charge in [-0.3, -0.25) is 14.7 Å². The zero-order valence-electron chi connectivity index (χ0n) is 14.9. The van der Waals surface area contributed by atoms with E-state index in [4.69, 9.17) is 0 Å². The molecule has 6 heteroatoms. The monoisotopic (exact) mass is 369 g/mol. The van der Waals surface area contributed by atoms with Gasteiger partial charge in [0.05, 0.1) is 6.04 Å². The summed E-state index contributed by atoms with van der Waals surface area (Å²) in [6.07, 6.45) is 3.71. The van der Waals surface area contributed by atoms with Crippen LogP contribution in [0.25, 0.3) is 0 Å². The molecule has 4 aliphatic heterocycles. The lowest BCUT2D eigenvalue weighted by atomic mass is 9.75. The Balaban J connectivity index is 1.56. The molecule has 0 saturated carbocycles. The van der Waals surface area contributed by atoms with Crippen molar-refractivity contribution in [2.24, 2.45) is 5.92 Å². The number of fused-ring (bicyclic) bond motifs is 2. The minimum absolute atomic E-state index is 0.0367. The third-order valence-corrected chi connectivity index (χ3v) is 6.52. The van der Waals surface area contributed by atoms with Crippen molar-refractivity contribution in [3.8, 4) is 0 Å². The number of amides is 1. The second-order valence-electron chi connectivity index (χ2n) is 7.78. The highest BCUT2D eigenvalue weighted by Crippen LogP contribution is 2.47. The number of benzene rings is 1. The van der Waals surface area contributed by atoms with Gasteiger partial charge in [0.15, 0.2) is 11.6 Å². The predicted octanol–water partition coefficient (Wildman–Crippen LogP) is 3.06. The minimum atomic E-state index is -0.825. The number of hydrogen-bond acceptors (Lipinski definition) is 3. The van der Waals surface area contributed by atoms with E-state index in [1.54, 1.807) is 36.5 Å². The quantitative estimate of drug-likeness (QED) is 0.816. The Hall–Kier alpha value is -2.34. The zero-order chi connectivity index (χ0) is 18.5. The van der Waals surface area contributed by atoms with Gasteiger partial charge >= 0.3 is 0 Å². The van der Waals surface area contributed by atoms with E-state index in [9.17, 15) is 13.6 Å². The van der Waals surface area contributed by atoms with Gasteiger partial charge in [-0.2, -0.15) is 0 Å². The van der Waals surface area contributed by atoms with E-state index in [2.05, 4.69) is 9.88 Å². The Kier molecular flexibility index (Phi) is 3.97. The SMILES string of the molecule is O=C(c1ccccn1)N1C[C@H](c2cccc(F)c2F)[C@H]2[C@@H]1C1CCN2CC1. The Labute approximate surface area is 156 Å². The lowest BCUT2D eigenvalue weighted by Gasteiger charge is -2.51. The number of carbonyl (C=O) groups excluding carboxylic acids is 1. The molecular formula is C21H21F2N3O. The van der Waals surface area contributed by atoms with Crippen LogP contribution in [0.15, 0.2) is 42.6 Å². The molecule has 0 unspecified atom stereocenters. The van der Waals surface area contributed by atoms with E-state index in [1.807, 2.05) is 4.90 Å². The number of halogens is 2. The van der Waals surface area contributed by atoms with Crippen LogP contribution in [0.4, 0.5) is 8.78 Å². The van der Waals surface area contributed by atoms with Crippen molar-refractivity contribution < 1.29 is 13.6 Å². The van der Waals surface area contributed by atoms with E-state index in [0.717, 1.165) is 32.0 Å². The minimum Gasteiger partial charge on any atom is -0.332 e. The van der Waals surface area contributed by atoms with Crippen LogP contribution in [0.2, 0.25) is 0 Å². The first-order valence-corrected chi connectivity index (χ1v) is 9.55. The third kappa shape index (κ3) is 2.57. The van der Waals surface area contributed by atoms with Gasteiger partial charge in [-0.15, -0.1) is 0 Å². The van der Waals surface area contributed by atoms with Gasteiger partial charge in [-0.25, -0.2) is 8.78 Å². The fourth-order valence-electron chi connectivity index (χ4n) is 5.37. The van der Waals surface area contributed by atoms with Crippen LogP contribution in [-0.2, 0) is 0 Å². The molecule has 0 aliphatic carbocycles. The van der Waals surface area contributed by atoms with Crippen LogP contribution in [0.5, 0.6) is 0 Å². The molecule has 140 valence electrons. The maximum atomic E-state index is 14.6. The van der Waals surface area contributed by atoms with Crippen molar-refractivity contribution in [1.29, 1.82) is 0 Å². The molecule has 4 saturated heterocycles. The summed E-state index contributed by atoms with van der Waals surface area (Å²) in [5, 5.41) is 0. The number of carbonyl (C=O) groups is 1. The fourth-order valence-corrected chi connectivity index (χ4v) is 5.37. The number of rotatable bonds is 2. The lowest BCUT2D eigenvalue weighted by Crippen LogP contribution is -2.60. The average Bonchev–Trinajstić information content (AvgIpc) is 3.14. The molecule has 0 spiro atoms. The van der Waals surface area contributed by atoms with Crippen molar-refractivity contribution >= 4 is 5.91 Å². The maximum Gasteiger partial charge on any atom is 0.272 e. The van der Waals surface area contributed by atoms with Crippen LogP contribution >= 0.6 is 0 Å². The normalized spacial score (nSPS) is 31.8. The largest absolute Gasteiger partial charge is 0.332 e. The Morgan fingerprint density at radius 3 is 2.59 bits per heavy atom. The van der Waals surface area contributed by atoms with Gasteiger partial charge in [-0.05, 0) is 55.6 Å². The van der Waals surface area contributed by atoms with E-state index >= 15 is 0 Å². The fraction of sp³-hybridized carbons (Fsp3) is 0.429. The first-order valence-electron chi connectivity index (χ1n) is 9.55. The summed E-state index contributed by atoms with van der Waals surface area (Å²) >= 11 is 0. The molecule has 2 bridgehead atoms. The molecule has 5 heterocycles. The predicted molar refractivity (Wildman–Crippen MR) is 96.2 cm³/mol. The molecule has 1 aromatic heterocycles. The summed E-state index contributed by atoms with van der Waals surface area (Å²) in [6, 6.07) is 9.75. The van der Waals surface area contributed by atoms with Crippen LogP contribution in [-0.4, -0.2) is 52.4 Å². The number of piperidine rings is 3. The molecule has 4 fully saturated rings. The van der Waals surface area contributed by atoms with Crippen LogP contribution in [0.1, 0.15) is 34.8 Å². The van der Waals surface area contributed by atoms with Gasteiger partial charge in [0.2, 0.25) is 0 Å². The highest BCUT2D eigenvalue weighted by atomic mass is 19.2. The van der Waals surface area contributed by atoms with Crippen LogP contribution in [0, 0.1) is 17.6 Å². The molecule has 6 rings (SSSR count). The first kappa shape index (κ1) is 16.8. The van der Waals surface area contributed by atoms with Crippen molar-refractivity contribution in [3.63, 3.8) is 0 Å². The summed E-state index contributed by atoms with van der Waals surface area (Å²) in [4.78, 5) is 21.6. The standard InChI is InChI=1S/C21H21F2N3O/c22-16-5-3-4-14(18(16)23)15-12-26(21(27)17-6-1-2-9-24-17)19-13-7-10-25(11-8-13)20(15)19/h1-6,9,13,15,19-20H,7-8,10-12H2/t15-,19+,20+/m1/s1. The van der Waals surface area contributed by atoms with E-state index in [1.165, 1.54) is 0 Å². The molecular weight excluding hydrogens is 348 g/mol. The second-order valence-corrected chi connectivity index (χ2v) is 7.78. The summed E-state index contributed by atoms with van der Waals surface area (Å²) in [5.41, 5.74) is 0.793. The molecule has 1 amide bonds. The van der Waals surface area contributed by atoms with E-state index in [0.29, 0.717) is 23.7 Å². The van der Waals surface area contributed by atoms with Crippen molar-refractivity contribution in [1.82, 2.24) is 14.8 Å². The Bertz CT molecular complexity index is 867. The summed E-state index contributed by atoms with van der Waals surface area (Å²) < 4.78 is 28.5. The molecule has 4 nitrogen and oxygen atoms in total. The van der Waals surface area contributed by atoms with E-state index in [-0.39, 0.29) is 23.9 Å². The number of likely N-dealkylation sites (tertiary alicyclic amines) is 1. The highest BCUT2D eigenvalue weighted by Gasteiger charge is 2.55. The number of nitrogens with zero attached hydrogens (tertiary/aromatic N) is 3. The number of pyridine rings is 1. The summed E-state index contributed by atoms with van der Waals surface area (Å²) in [7, 11) is 0. The van der Waals surface area contributed by atoms with Crippen molar-refractivity contribution in [3.05, 3.63) is 65.5 Å². The molecule has 2 aromatic rings. The molecule has 3 atom stereocenters. The van der Waals surface area contributed by atoms with Gasteiger partial charge in [0, 0.05) is 24.7 Å². The second kappa shape index (κ2) is 6.37. The van der Waals surface area contributed by atoms with E-state index < -0.39 is 11.6 Å². The van der Waals surface area contributed by atoms with Crippen LogP contribution < -0.4 is 0 Å². The Morgan fingerprint density at radius 1 is 1.04 bits per heavy atom. The highest BCUT2D eigenvalue weighted by molar-refractivity contribution is 5.93. The third-order valence-electron chi connectivity index (χ3n) is 6.52. The van der Waals surface area contributed by atoms with Gasteiger partial charge < -0.3 is 4.90 Å². The van der Waals surface area contributed by atoms with Gasteiger partial charge in [0.1, 0.15) is 5.69 Å². The van der Waals surface area contributed by atoms with Gasteiger partial charge in [0.25, 0.3) is 5.91 Å². The van der Waals surface area contributed by atoms with Gasteiger partial charge in [-0.1, -0.05) is 18.2 Å². The molecule has 1 aromatic carbocycles. The maximum absolute atomic E-state index is 14.6. The topological polar surface area (TPSA) is 36.4 Å². The smallest absolute Gasteiger partial charge is 0.272 e. The zero-order valence-corrected chi connectivity index (χ0v) is 14.9. The first-order chi connectivity index (χ1) is 13.1. The van der Waals surface area contributed by atoms with Crippen molar-refractivity contribution in [2.45, 2.75) is 30.8 Å². The average molecular weight is 369 g/mol. The summed E-state index contributed by atoms with van der Waals surface area (Å²) in [6.45, 7) is 2.33. The Morgan fingerprint density at radius 2 is 1.85 bits per heavy atom. The number of aromatic nitrogens is 1. The molecule has 27 heavy (non-hydrogen) atoms. The summed E-state index contributed by atoms with van der Waals surface area (Å²) in [5.74, 6) is -1.53. The van der Waals surface area contributed by atoms with Crippen molar-refractivity contribution in [2.75, 3.05) is 19.6 Å². The lowest BCUT2D eigenvalue weighted by molar-refractivity contribution is -0.00376. The number of hydrogen-bond donors (Lipinski definition) is 0. The molecule has 0 N–H and O–H groups in total. The van der Waals surface area contributed by atoms with Crippen LogP contribution in [0.3, 0.4) is 0 Å². The molecule has 0 radical (unpaired) electrons. The molecule has 4 aliphatic rings.